The number of halogens is 2. The van der Waals surface area contributed by atoms with Crippen molar-refractivity contribution in [3.8, 4) is 0 Å². The normalized spacial score (nSPS) is 13.0. The molecule has 0 heterocycles. The van der Waals surface area contributed by atoms with E-state index in [0.717, 1.165) is 13.1 Å². The lowest BCUT2D eigenvalue weighted by atomic mass is 10.3. The second-order valence-corrected chi connectivity index (χ2v) is 5.44. The number of benzene rings is 1. The number of oxime groups is 1. The highest BCUT2D eigenvalue weighted by Gasteiger charge is 2.25. The molecule has 0 radical (unpaired) electrons. The summed E-state index contributed by atoms with van der Waals surface area (Å²) < 4.78 is 50.7. The minimum Gasteiger partial charge on any atom is -0.409 e. The molecule has 0 amide bonds. The number of nitrogens with zero attached hydrogens (tertiary/aromatic N) is 2. The van der Waals surface area contributed by atoms with Gasteiger partial charge in [0, 0.05) is 7.05 Å². The van der Waals surface area contributed by atoms with E-state index < -0.39 is 33.1 Å². The van der Waals surface area contributed by atoms with Gasteiger partial charge in [-0.1, -0.05) is 5.16 Å². The Labute approximate surface area is 102 Å². The van der Waals surface area contributed by atoms with Crippen molar-refractivity contribution in [2.45, 2.75) is 4.90 Å². The molecule has 0 bridgehead atoms. The first kappa shape index (κ1) is 14.3. The number of hydrogen-bond donors (Lipinski definition) is 2. The molecule has 0 unspecified atom stereocenters. The van der Waals surface area contributed by atoms with E-state index >= 15 is 0 Å². The van der Waals surface area contributed by atoms with E-state index in [-0.39, 0.29) is 5.84 Å². The van der Waals surface area contributed by atoms with Crippen molar-refractivity contribution >= 4 is 15.9 Å². The largest absolute Gasteiger partial charge is 0.409 e. The Kier molecular flexibility index (Phi) is 4.19. The number of rotatable bonds is 4. The van der Waals surface area contributed by atoms with Crippen LogP contribution in [-0.4, -0.2) is 37.4 Å². The molecular formula is C9H11F2N3O3S. The highest BCUT2D eigenvalue weighted by atomic mass is 32.2. The minimum absolute atomic E-state index is 0.377. The van der Waals surface area contributed by atoms with Crippen molar-refractivity contribution in [3.05, 3.63) is 29.8 Å². The van der Waals surface area contributed by atoms with Crippen molar-refractivity contribution in [3.63, 3.8) is 0 Å². The van der Waals surface area contributed by atoms with Crippen molar-refractivity contribution in [2.75, 3.05) is 13.6 Å². The molecule has 0 saturated carbocycles. The fraction of sp³-hybridized carbons (Fsp3) is 0.222. The summed E-state index contributed by atoms with van der Waals surface area (Å²) in [5.41, 5.74) is 5.14. The van der Waals surface area contributed by atoms with Gasteiger partial charge in [-0.15, -0.1) is 0 Å². The summed E-state index contributed by atoms with van der Waals surface area (Å²) in [7, 11) is -3.16. The highest BCUT2D eigenvalue weighted by Crippen LogP contribution is 2.19. The van der Waals surface area contributed by atoms with Crippen LogP contribution in [0.3, 0.4) is 0 Å². The van der Waals surface area contributed by atoms with Crippen LogP contribution < -0.4 is 5.73 Å². The lowest BCUT2D eigenvalue weighted by Crippen LogP contribution is -2.36. The van der Waals surface area contributed by atoms with Crippen molar-refractivity contribution in [1.82, 2.24) is 4.31 Å². The molecule has 9 heteroatoms. The van der Waals surface area contributed by atoms with Crippen LogP contribution >= 0.6 is 0 Å². The second kappa shape index (κ2) is 5.27. The third-order valence-corrected chi connectivity index (χ3v) is 3.91. The molecule has 18 heavy (non-hydrogen) atoms. The number of amidine groups is 1. The maximum Gasteiger partial charge on any atom is 0.246 e. The van der Waals surface area contributed by atoms with Crippen LogP contribution in [0.4, 0.5) is 8.78 Å². The molecule has 100 valence electrons. The molecule has 0 atom stereocenters. The zero-order valence-electron chi connectivity index (χ0n) is 9.34. The lowest BCUT2D eigenvalue weighted by Gasteiger charge is -2.16. The minimum atomic E-state index is -4.25. The molecule has 3 N–H and O–H groups in total. The summed E-state index contributed by atoms with van der Waals surface area (Å²) in [6, 6.07) is 2.07. The van der Waals surface area contributed by atoms with Gasteiger partial charge in [0.15, 0.2) is 5.84 Å². The van der Waals surface area contributed by atoms with Crippen molar-refractivity contribution < 1.29 is 22.4 Å². The Hall–Kier alpha value is -1.74. The molecular weight excluding hydrogens is 268 g/mol. The van der Waals surface area contributed by atoms with E-state index in [2.05, 4.69) is 5.16 Å². The van der Waals surface area contributed by atoms with Crippen molar-refractivity contribution in [2.24, 2.45) is 10.9 Å². The molecule has 0 aromatic heterocycles. The summed E-state index contributed by atoms with van der Waals surface area (Å²) >= 11 is 0. The van der Waals surface area contributed by atoms with E-state index in [9.17, 15) is 17.2 Å². The van der Waals surface area contributed by atoms with Gasteiger partial charge >= 0.3 is 0 Å². The maximum atomic E-state index is 13.4. The van der Waals surface area contributed by atoms with Crippen LogP contribution in [-0.2, 0) is 10.0 Å². The Bertz CT molecular complexity index is 574. The van der Waals surface area contributed by atoms with Gasteiger partial charge < -0.3 is 10.9 Å². The zero-order valence-corrected chi connectivity index (χ0v) is 10.2. The summed E-state index contributed by atoms with van der Waals surface area (Å²) in [6.45, 7) is -0.450. The van der Waals surface area contributed by atoms with E-state index in [1.54, 1.807) is 0 Å². The van der Waals surface area contributed by atoms with E-state index in [0.29, 0.717) is 16.4 Å². The summed E-state index contributed by atoms with van der Waals surface area (Å²) in [5, 5.41) is 10.9. The molecule has 0 aliphatic carbocycles. The summed E-state index contributed by atoms with van der Waals surface area (Å²) in [4.78, 5) is -0.810. The van der Waals surface area contributed by atoms with Crippen LogP contribution in [0, 0.1) is 11.6 Å². The van der Waals surface area contributed by atoms with Crippen LogP contribution in [0.5, 0.6) is 0 Å². The van der Waals surface area contributed by atoms with Gasteiger partial charge in [0.1, 0.15) is 16.5 Å². The molecule has 0 fully saturated rings. The van der Waals surface area contributed by atoms with Gasteiger partial charge in [-0.3, -0.25) is 0 Å². The van der Waals surface area contributed by atoms with Crippen molar-refractivity contribution in [1.29, 1.82) is 0 Å². The first-order chi connectivity index (χ1) is 8.28. The van der Waals surface area contributed by atoms with Gasteiger partial charge in [-0.05, 0) is 18.2 Å². The Morgan fingerprint density at radius 1 is 1.50 bits per heavy atom. The van der Waals surface area contributed by atoms with Crippen LogP contribution in [0.1, 0.15) is 0 Å². The van der Waals surface area contributed by atoms with E-state index in [1.807, 2.05) is 0 Å². The van der Waals surface area contributed by atoms with Gasteiger partial charge in [-0.25, -0.2) is 17.2 Å². The molecule has 0 saturated heterocycles. The van der Waals surface area contributed by atoms with Gasteiger partial charge in [-0.2, -0.15) is 4.31 Å². The molecule has 1 aromatic rings. The van der Waals surface area contributed by atoms with Crippen LogP contribution in [0.15, 0.2) is 28.3 Å². The Morgan fingerprint density at radius 3 is 2.67 bits per heavy atom. The quantitative estimate of drug-likeness (QED) is 0.359. The lowest BCUT2D eigenvalue weighted by molar-refractivity contribution is 0.315. The summed E-state index contributed by atoms with van der Waals surface area (Å²) in [5.74, 6) is -2.34. The Morgan fingerprint density at radius 2 is 2.11 bits per heavy atom. The van der Waals surface area contributed by atoms with Crippen LogP contribution in [0.25, 0.3) is 0 Å². The summed E-state index contributed by atoms with van der Waals surface area (Å²) in [6.07, 6.45) is 0. The predicted molar refractivity (Wildman–Crippen MR) is 59.6 cm³/mol. The average molecular weight is 279 g/mol. The number of sulfonamides is 1. The fourth-order valence-electron chi connectivity index (χ4n) is 1.19. The molecule has 1 rings (SSSR count). The number of nitrogens with two attached hydrogens (primary N) is 1. The first-order valence-electron chi connectivity index (χ1n) is 4.67. The molecule has 1 aromatic carbocycles. The van der Waals surface area contributed by atoms with Crippen LogP contribution in [0.2, 0.25) is 0 Å². The smallest absolute Gasteiger partial charge is 0.246 e. The topological polar surface area (TPSA) is 96.0 Å². The van der Waals surface area contributed by atoms with E-state index in [1.165, 1.54) is 0 Å². The molecule has 6 nitrogen and oxygen atoms in total. The average Bonchev–Trinajstić information content (AvgIpc) is 2.31. The standard InChI is InChI=1S/C9H11F2N3O3S/c1-14(5-9(12)13-15)18(16,17)8-4-6(10)2-3-7(8)11/h2-4,15H,5H2,1H3,(H2,12,13). The molecule has 0 aliphatic heterocycles. The predicted octanol–water partition coefficient (Wildman–Crippen LogP) is 0.332. The SMILES string of the molecule is CN(CC(N)=NO)S(=O)(=O)c1cc(F)ccc1F. The fourth-order valence-corrected chi connectivity index (χ4v) is 2.40. The maximum absolute atomic E-state index is 13.4. The van der Waals surface area contributed by atoms with Gasteiger partial charge in [0.25, 0.3) is 0 Å². The highest BCUT2D eigenvalue weighted by molar-refractivity contribution is 7.89. The third-order valence-electron chi connectivity index (χ3n) is 2.09. The number of hydrogen-bond acceptors (Lipinski definition) is 4. The second-order valence-electron chi connectivity index (χ2n) is 3.43. The zero-order chi connectivity index (χ0) is 13.9. The van der Waals surface area contributed by atoms with Gasteiger partial charge in [0.05, 0.1) is 6.54 Å². The monoisotopic (exact) mass is 279 g/mol. The van der Waals surface area contributed by atoms with E-state index in [4.69, 9.17) is 10.9 Å². The molecule has 0 spiro atoms. The molecule has 0 aliphatic rings. The Balaban J connectivity index is 3.17. The third kappa shape index (κ3) is 2.93. The number of likely N-dealkylation sites (N-methyl/N-ethyl adjacent to an activating group) is 1. The first-order valence-corrected chi connectivity index (χ1v) is 6.11. The van der Waals surface area contributed by atoms with Gasteiger partial charge in [0.2, 0.25) is 10.0 Å².